The van der Waals surface area contributed by atoms with E-state index in [0.717, 1.165) is 5.56 Å². The summed E-state index contributed by atoms with van der Waals surface area (Å²) in [7, 11) is 0. The Labute approximate surface area is 169 Å². The topological polar surface area (TPSA) is 116 Å². The molecule has 2 fully saturated rings. The van der Waals surface area contributed by atoms with E-state index in [9.17, 15) is 19.5 Å². The van der Waals surface area contributed by atoms with Crippen molar-refractivity contribution in [3.63, 3.8) is 0 Å². The molecule has 3 atom stereocenters. The average Bonchev–Trinajstić information content (AvgIpc) is 3.06. The molecule has 0 spiro atoms. The van der Waals surface area contributed by atoms with Gasteiger partial charge in [0, 0.05) is 37.8 Å². The van der Waals surface area contributed by atoms with Gasteiger partial charge in [0.15, 0.2) is 0 Å². The van der Waals surface area contributed by atoms with E-state index in [1.807, 2.05) is 18.2 Å². The summed E-state index contributed by atoms with van der Waals surface area (Å²) in [5.74, 6) is -2.05. The van der Waals surface area contributed by atoms with E-state index in [2.05, 4.69) is 0 Å². The van der Waals surface area contributed by atoms with Crippen LogP contribution in [-0.4, -0.2) is 84.3 Å². The molecule has 0 saturated carbocycles. The molecule has 29 heavy (non-hydrogen) atoms. The van der Waals surface area contributed by atoms with Crippen LogP contribution in [0.4, 0.5) is 10.5 Å². The van der Waals surface area contributed by atoms with Crippen molar-refractivity contribution >= 4 is 23.5 Å². The fourth-order valence-electron chi connectivity index (χ4n) is 4.98. The van der Waals surface area contributed by atoms with Gasteiger partial charge in [-0.2, -0.15) is 0 Å². The summed E-state index contributed by atoms with van der Waals surface area (Å²) in [5, 5.41) is 9.53. The summed E-state index contributed by atoms with van der Waals surface area (Å²) in [6.07, 6.45) is 0. The summed E-state index contributed by atoms with van der Waals surface area (Å²) in [4.78, 5) is 44.1. The predicted molar refractivity (Wildman–Crippen MR) is 104 cm³/mol. The Hall–Kier alpha value is -2.65. The number of benzene rings is 1. The van der Waals surface area contributed by atoms with Crippen molar-refractivity contribution < 1.29 is 24.2 Å². The molecule has 0 unspecified atom stereocenters. The summed E-state index contributed by atoms with van der Waals surface area (Å²) in [6.45, 7) is 3.43. The number of nitrogens with zero attached hydrogens (tertiary/aromatic N) is 3. The van der Waals surface area contributed by atoms with E-state index >= 15 is 0 Å². The van der Waals surface area contributed by atoms with Gasteiger partial charge in [-0.1, -0.05) is 18.2 Å². The first-order chi connectivity index (χ1) is 13.9. The minimum absolute atomic E-state index is 0.0831. The van der Waals surface area contributed by atoms with E-state index in [-0.39, 0.29) is 31.6 Å². The number of anilines is 1. The van der Waals surface area contributed by atoms with Crippen LogP contribution in [0.2, 0.25) is 0 Å². The van der Waals surface area contributed by atoms with Crippen molar-refractivity contribution in [1.29, 1.82) is 0 Å². The van der Waals surface area contributed by atoms with Crippen molar-refractivity contribution in [3.8, 4) is 0 Å². The number of fused-ring (bicyclic) bond motifs is 3. The standard InChI is InChI=1S/C20H26N4O5/c1-20-16(13-4-2-3-5-15(13)23(6-9-25)18(20)27)14(17(21)26)12-24(20)19(28)22-7-10-29-11-8-22/h2-5,14,16,25H,6-12H2,1H3,(H2,21,26)/t14-,16+,20-/m0/s1. The van der Waals surface area contributed by atoms with Gasteiger partial charge < -0.3 is 30.3 Å². The number of morpholine rings is 1. The molecule has 0 aromatic heterocycles. The third-order valence-corrected chi connectivity index (χ3v) is 6.39. The minimum Gasteiger partial charge on any atom is -0.395 e. The van der Waals surface area contributed by atoms with Gasteiger partial charge in [0.25, 0.3) is 5.91 Å². The van der Waals surface area contributed by atoms with Crippen LogP contribution in [0.25, 0.3) is 0 Å². The highest BCUT2D eigenvalue weighted by Gasteiger charge is 2.63. The smallest absolute Gasteiger partial charge is 0.321 e. The first-order valence-corrected chi connectivity index (χ1v) is 9.86. The van der Waals surface area contributed by atoms with Crippen LogP contribution in [0.15, 0.2) is 24.3 Å². The van der Waals surface area contributed by atoms with Crippen molar-refractivity contribution in [2.75, 3.05) is 50.9 Å². The molecule has 9 heteroatoms. The molecule has 4 amide bonds. The first kappa shape index (κ1) is 19.7. The van der Waals surface area contributed by atoms with Crippen molar-refractivity contribution in [2.24, 2.45) is 11.7 Å². The Balaban J connectivity index is 1.83. The second kappa shape index (κ2) is 7.31. The van der Waals surface area contributed by atoms with Gasteiger partial charge in [0.1, 0.15) is 5.54 Å². The highest BCUT2D eigenvalue weighted by Crippen LogP contribution is 2.53. The summed E-state index contributed by atoms with van der Waals surface area (Å²) in [6, 6.07) is 7.03. The molecule has 2 saturated heterocycles. The zero-order chi connectivity index (χ0) is 20.8. The Morgan fingerprint density at radius 3 is 2.62 bits per heavy atom. The Morgan fingerprint density at radius 2 is 1.97 bits per heavy atom. The molecule has 3 aliphatic rings. The van der Waals surface area contributed by atoms with E-state index in [0.29, 0.717) is 32.0 Å². The molecule has 3 heterocycles. The number of nitrogens with two attached hydrogens (primary N) is 1. The van der Waals surface area contributed by atoms with E-state index in [4.69, 9.17) is 10.5 Å². The number of urea groups is 1. The molecule has 3 N–H and O–H groups in total. The lowest BCUT2D eigenvalue weighted by molar-refractivity contribution is -0.129. The zero-order valence-corrected chi connectivity index (χ0v) is 16.4. The van der Waals surface area contributed by atoms with Gasteiger partial charge in [-0.05, 0) is 18.6 Å². The molecule has 0 bridgehead atoms. The number of para-hydroxylation sites is 1. The molecule has 156 valence electrons. The summed E-state index contributed by atoms with van der Waals surface area (Å²) >= 11 is 0. The number of aliphatic hydroxyl groups is 1. The fourth-order valence-corrected chi connectivity index (χ4v) is 4.98. The third kappa shape index (κ3) is 2.87. The van der Waals surface area contributed by atoms with Crippen LogP contribution >= 0.6 is 0 Å². The number of β-amino-alcohol motifs (C(OH)–C–C–N with tert-alkyl or cyclic N) is 1. The van der Waals surface area contributed by atoms with Crippen LogP contribution in [0, 0.1) is 5.92 Å². The third-order valence-electron chi connectivity index (χ3n) is 6.39. The first-order valence-electron chi connectivity index (χ1n) is 9.86. The summed E-state index contributed by atoms with van der Waals surface area (Å²) < 4.78 is 5.33. The molecular formula is C20H26N4O5. The number of rotatable bonds is 3. The maximum atomic E-state index is 13.7. The van der Waals surface area contributed by atoms with Gasteiger partial charge in [-0.25, -0.2) is 4.79 Å². The maximum Gasteiger partial charge on any atom is 0.321 e. The number of likely N-dealkylation sites (tertiary alicyclic amines) is 1. The van der Waals surface area contributed by atoms with Crippen molar-refractivity contribution in [1.82, 2.24) is 9.80 Å². The molecule has 0 aliphatic carbocycles. The second-order valence-corrected chi connectivity index (χ2v) is 7.87. The largest absolute Gasteiger partial charge is 0.395 e. The molecule has 4 rings (SSSR count). The van der Waals surface area contributed by atoms with Gasteiger partial charge in [0.05, 0.1) is 25.7 Å². The number of amides is 4. The summed E-state index contributed by atoms with van der Waals surface area (Å²) in [5.41, 5.74) is 5.91. The van der Waals surface area contributed by atoms with Crippen LogP contribution < -0.4 is 10.6 Å². The van der Waals surface area contributed by atoms with E-state index < -0.39 is 23.3 Å². The molecule has 9 nitrogen and oxygen atoms in total. The minimum atomic E-state index is -1.27. The van der Waals surface area contributed by atoms with Gasteiger partial charge in [-0.15, -0.1) is 0 Å². The average molecular weight is 402 g/mol. The predicted octanol–water partition coefficient (Wildman–Crippen LogP) is -0.263. The molecule has 3 aliphatic heterocycles. The number of hydrogen-bond donors (Lipinski definition) is 2. The zero-order valence-electron chi connectivity index (χ0n) is 16.4. The Bertz CT molecular complexity index is 840. The van der Waals surface area contributed by atoms with Crippen LogP contribution in [0.1, 0.15) is 18.4 Å². The van der Waals surface area contributed by atoms with E-state index in [1.165, 1.54) is 9.80 Å². The van der Waals surface area contributed by atoms with Crippen molar-refractivity contribution in [2.45, 2.75) is 18.4 Å². The van der Waals surface area contributed by atoms with E-state index in [1.54, 1.807) is 17.9 Å². The van der Waals surface area contributed by atoms with Gasteiger partial charge >= 0.3 is 6.03 Å². The molecule has 1 aromatic rings. The number of primary amides is 1. The number of carbonyl (C=O) groups is 3. The number of aliphatic hydroxyl groups excluding tert-OH is 1. The number of ether oxygens (including phenoxy) is 1. The normalized spacial score (nSPS) is 28.9. The van der Waals surface area contributed by atoms with Crippen LogP contribution in [-0.2, 0) is 14.3 Å². The second-order valence-electron chi connectivity index (χ2n) is 7.87. The number of carbonyl (C=O) groups excluding carboxylic acids is 3. The Kier molecular flexibility index (Phi) is 4.95. The molecule has 1 aromatic carbocycles. The lowest BCUT2D eigenvalue weighted by Crippen LogP contribution is -2.64. The Morgan fingerprint density at radius 1 is 1.28 bits per heavy atom. The highest BCUT2D eigenvalue weighted by molar-refractivity contribution is 6.07. The fraction of sp³-hybridized carbons (Fsp3) is 0.550. The van der Waals surface area contributed by atoms with Crippen LogP contribution in [0.3, 0.4) is 0 Å². The van der Waals surface area contributed by atoms with Gasteiger partial charge in [0.2, 0.25) is 5.91 Å². The lowest BCUT2D eigenvalue weighted by atomic mass is 9.72. The SMILES string of the molecule is C[C@@]12C(=O)N(CCO)c3ccccc3[C@@H]1[C@@H](C(N)=O)CN2C(=O)N1CCOCC1. The van der Waals surface area contributed by atoms with Crippen molar-refractivity contribution in [3.05, 3.63) is 29.8 Å². The maximum absolute atomic E-state index is 13.7. The highest BCUT2D eigenvalue weighted by atomic mass is 16.5. The molecular weight excluding hydrogens is 376 g/mol. The van der Waals surface area contributed by atoms with Crippen LogP contribution in [0.5, 0.6) is 0 Å². The monoisotopic (exact) mass is 402 g/mol. The lowest BCUT2D eigenvalue weighted by Gasteiger charge is -2.47. The number of hydrogen-bond acceptors (Lipinski definition) is 5. The molecule has 0 radical (unpaired) electrons. The van der Waals surface area contributed by atoms with Gasteiger partial charge in [-0.3, -0.25) is 9.59 Å². The quantitative estimate of drug-likeness (QED) is 0.722.